The Labute approximate surface area is 153 Å². The summed E-state index contributed by atoms with van der Waals surface area (Å²) in [4.78, 5) is 36.4. The van der Waals surface area contributed by atoms with Gasteiger partial charge in [0, 0.05) is 24.1 Å². The fraction of sp³-hybridized carbons (Fsp3) is 0.450. The molecule has 1 heterocycles. The fourth-order valence-electron chi connectivity index (χ4n) is 2.93. The highest BCUT2D eigenvalue weighted by molar-refractivity contribution is 6.15. The second-order valence-corrected chi connectivity index (χ2v) is 6.23. The molecule has 2 rings (SSSR count). The van der Waals surface area contributed by atoms with Gasteiger partial charge in [0.2, 0.25) is 5.91 Å². The molecule has 1 fully saturated rings. The summed E-state index contributed by atoms with van der Waals surface area (Å²) >= 11 is 0. The number of carbonyl (C=O) groups is 3. The molecule has 140 valence electrons. The van der Waals surface area contributed by atoms with Crippen LogP contribution in [0.4, 0.5) is 0 Å². The Morgan fingerprint density at radius 1 is 1.19 bits per heavy atom. The summed E-state index contributed by atoms with van der Waals surface area (Å²) in [6.07, 6.45) is 4.91. The monoisotopic (exact) mass is 359 g/mol. The van der Waals surface area contributed by atoms with Crippen LogP contribution < -0.4 is 4.74 Å². The van der Waals surface area contributed by atoms with E-state index in [2.05, 4.69) is 0 Å². The Balaban J connectivity index is 1.93. The van der Waals surface area contributed by atoms with Gasteiger partial charge in [0.1, 0.15) is 5.75 Å². The van der Waals surface area contributed by atoms with Crippen LogP contribution in [0, 0.1) is 0 Å². The van der Waals surface area contributed by atoms with Crippen LogP contribution in [0.25, 0.3) is 6.08 Å². The van der Waals surface area contributed by atoms with E-state index < -0.39 is 5.97 Å². The number of hydrogen-bond acceptors (Lipinski definition) is 4. The normalized spacial score (nSPS) is 15.7. The van der Waals surface area contributed by atoms with Crippen molar-refractivity contribution in [2.45, 2.75) is 45.4 Å². The van der Waals surface area contributed by atoms with E-state index in [1.54, 1.807) is 6.08 Å². The number of imide groups is 1. The number of carbonyl (C=O) groups excluding carboxylic acids is 2. The molecule has 1 saturated heterocycles. The van der Waals surface area contributed by atoms with E-state index in [9.17, 15) is 14.4 Å². The highest BCUT2D eigenvalue weighted by atomic mass is 16.5. The first-order valence-electron chi connectivity index (χ1n) is 9.01. The van der Waals surface area contributed by atoms with Gasteiger partial charge >= 0.3 is 5.97 Å². The molecule has 0 unspecified atom stereocenters. The second-order valence-electron chi connectivity index (χ2n) is 6.23. The molecule has 1 aromatic carbocycles. The van der Waals surface area contributed by atoms with Gasteiger partial charge in [-0.15, -0.1) is 0 Å². The molecule has 1 aromatic rings. The lowest BCUT2D eigenvalue weighted by Gasteiger charge is -2.13. The number of likely N-dealkylation sites (tertiary alicyclic amines) is 1. The summed E-state index contributed by atoms with van der Waals surface area (Å²) in [5, 5.41) is 8.60. The molecule has 0 radical (unpaired) electrons. The van der Waals surface area contributed by atoms with Crippen LogP contribution in [0.5, 0.6) is 5.75 Å². The van der Waals surface area contributed by atoms with Gasteiger partial charge < -0.3 is 9.84 Å². The van der Waals surface area contributed by atoms with Crippen molar-refractivity contribution in [3.8, 4) is 5.75 Å². The molecule has 0 atom stereocenters. The maximum absolute atomic E-state index is 12.5. The predicted molar refractivity (Wildman–Crippen MR) is 97.6 cm³/mol. The SMILES string of the molecule is CCOc1ccccc1/C=C1\CC(=O)N(CCCCCCC(=O)O)C1=O. The summed E-state index contributed by atoms with van der Waals surface area (Å²) < 4.78 is 5.56. The van der Waals surface area contributed by atoms with Crippen molar-refractivity contribution in [2.75, 3.05) is 13.2 Å². The van der Waals surface area contributed by atoms with E-state index in [1.165, 1.54) is 4.90 Å². The van der Waals surface area contributed by atoms with Crippen molar-refractivity contribution in [3.63, 3.8) is 0 Å². The molecule has 0 aliphatic carbocycles. The maximum Gasteiger partial charge on any atom is 0.303 e. The van der Waals surface area contributed by atoms with Gasteiger partial charge in [-0.3, -0.25) is 19.3 Å². The number of carboxylic acid groups (broad SMARTS) is 1. The van der Waals surface area contributed by atoms with Crippen molar-refractivity contribution in [1.82, 2.24) is 4.90 Å². The van der Waals surface area contributed by atoms with Gasteiger partial charge in [0.25, 0.3) is 5.91 Å². The lowest BCUT2D eigenvalue weighted by atomic mass is 10.1. The maximum atomic E-state index is 12.5. The molecule has 6 nitrogen and oxygen atoms in total. The zero-order valence-electron chi connectivity index (χ0n) is 15.1. The van der Waals surface area contributed by atoms with Crippen LogP contribution in [0.2, 0.25) is 0 Å². The average Bonchev–Trinajstić information content (AvgIpc) is 2.86. The minimum Gasteiger partial charge on any atom is -0.493 e. The van der Waals surface area contributed by atoms with Crippen LogP contribution in [0.15, 0.2) is 29.8 Å². The molecule has 0 saturated carbocycles. The number of nitrogens with zero attached hydrogens (tertiary/aromatic N) is 1. The number of carboxylic acids is 1. The number of rotatable bonds is 10. The van der Waals surface area contributed by atoms with Gasteiger partial charge in [0.05, 0.1) is 13.0 Å². The van der Waals surface area contributed by atoms with Crippen LogP contribution in [-0.4, -0.2) is 40.9 Å². The summed E-state index contributed by atoms with van der Waals surface area (Å²) in [6, 6.07) is 7.43. The van der Waals surface area contributed by atoms with E-state index in [1.807, 2.05) is 31.2 Å². The Morgan fingerprint density at radius 3 is 2.65 bits per heavy atom. The molecule has 1 aliphatic heterocycles. The molecule has 6 heteroatoms. The topological polar surface area (TPSA) is 83.9 Å². The average molecular weight is 359 g/mol. The van der Waals surface area contributed by atoms with E-state index >= 15 is 0 Å². The Morgan fingerprint density at radius 2 is 1.92 bits per heavy atom. The summed E-state index contributed by atoms with van der Waals surface area (Å²) in [6.45, 7) is 2.81. The van der Waals surface area contributed by atoms with Crippen molar-refractivity contribution < 1.29 is 24.2 Å². The molecule has 1 aliphatic rings. The summed E-state index contributed by atoms with van der Waals surface area (Å²) in [5.74, 6) is -0.524. The zero-order chi connectivity index (χ0) is 18.9. The lowest BCUT2D eigenvalue weighted by molar-refractivity contribution is -0.138. The highest BCUT2D eigenvalue weighted by Crippen LogP contribution is 2.26. The molecule has 26 heavy (non-hydrogen) atoms. The summed E-state index contributed by atoms with van der Waals surface area (Å²) in [5.41, 5.74) is 1.27. The smallest absolute Gasteiger partial charge is 0.303 e. The van der Waals surface area contributed by atoms with E-state index in [0.29, 0.717) is 37.3 Å². The number of unbranched alkanes of at least 4 members (excludes halogenated alkanes) is 3. The van der Waals surface area contributed by atoms with E-state index in [0.717, 1.165) is 18.4 Å². The molecular formula is C20H25NO5. The molecule has 2 amide bonds. The Hall–Kier alpha value is -2.63. The number of benzene rings is 1. The first kappa shape index (κ1) is 19.7. The highest BCUT2D eigenvalue weighted by Gasteiger charge is 2.33. The molecular weight excluding hydrogens is 334 g/mol. The standard InChI is InChI=1S/C20H25NO5/c1-2-26-17-10-7-6-9-15(17)13-16-14-18(22)21(20(16)25)12-8-4-3-5-11-19(23)24/h6-7,9-10,13H,2-5,8,11-12,14H2,1H3,(H,23,24)/b16-13+. The van der Waals surface area contributed by atoms with Crippen LogP contribution >= 0.6 is 0 Å². The van der Waals surface area contributed by atoms with Crippen molar-refractivity contribution in [1.29, 1.82) is 0 Å². The van der Waals surface area contributed by atoms with Crippen LogP contribution in [0.3, 0.4) is 0 Å². The largest absolute Gasteiger partial charge is 0.493 e. The quantitative estimate of drug-likeness (QED) is 0.394. The minimum absolute atomic E-state index is 0.109. The molecule has 0 aromatic heterocycles. The second kappa shape index (κ2) is 9.75. The van der Waals surface area contributed by atoms with Crippen LogP contribution in [0.1, 0.15) is 51.0 Å². The van der Waals surface area contributed by atoms with Gasteiger partial charge in [-0.05, 0) is 31.9 Å². The Bertz CT molecular complexity index is 695. The number of hydrogen-bond donors (Lipinski definition) is 1. The third kappa shape index (κ3) is 5.44. The predicted octanol–water partition coefficient (Wildman–Crippen LogP) is 3.26. The minimum atomic E-state index is -0.794. The van der Waals surface area contributed by atoms with Gasteiger partial charge in [0.15, 0.2) is 0 Å². The third-order valence-electron chi connectivity index (χ3n) is 4.23. The third-order valence-corrected chi connectivity index (χ3v) is 4.23. The first-order chi connectivity index (χ1) is 12.5. The number of amides is 2. The fourth-order valence-corrected chi connectivity index (χ4v) is 2.93. The first-order valence-corrected chi connectivity index (χ1v) is 9.01. The Kier molecular flexibility index (Phi) is 7.38. The van der Waals surface area contributed by atoms with Gasteiger partial charge in [-0.2, -0.15) is 0 Å². The zero-order valence-corrected chi connectivity index (χ0v) is 15.1. The van der Waals surface area contributed by atoms with Crippen molar-refractivity contribution in [2.24, 2.45) is 0 Å². The number of aliphatic carboxylic acids is 1. The van der Waals surface area contributed by atoms with Crippen molar-refractivity contribution in [3.05, 3.63) is 35.4 Å². The summed E-state index contributed by atoms with van der Waals surface area (Å²) in [7, 11) is 0. The van der Waals surface area contributed by atoms with Crippen LogP contribution in [-0.2, 0) is 14.4 Å². The molecule has 0 bridgehead atoms. The number of ether oxygens (including phenoxy) is 1. The number of para-hydroxylation sites is 1. The molecule has 1 N–H and O–H groups in total. The van der Waals surface area contributed by atoms with Crippen molar-refractivity contribution >= 4 is 23.9 Å². The van der Waals surface area contributed by atoms with Gasteiger partial charge in [-0.25, -0.2) is 0 Å². The van der Waals surface area contributed by atoms with E-state index in [4.69, 9.17) is 9.84 Å². The van der Waals surface area contributed by atoms with Gasteiger partial charge in [-0.1, -0.05) is 31.0 Å². The molecule has 0 spiro atoms. The van der Waals surface area contributed by atoms with E-state index in [-0.39, 0.29) is 24.7 Å². The lowest BCUT2D eigenvalue weighted by Crippen LogP contribution is -2.30.